The third-order valence-electron chi connectivity index (χ3n) is 9.50. The summed E-state index contributed by atoms with van der Waals surface area (Å²) >= 11 is 0. The first-order chi connectivity index (χ1) is 15.1. The number of hydrogen-bond donors (Lipinski definition) is 0. The molecule has 0 amide bonds. The molecule has 0 N–H and O–H groups in total. The second-order valence-electron chi connectivity index (χ2n) is 14.8. The Balaban J connectivity index is 1.42. The summed E-state index contributed by atoms with van der Waals surface area (Å²) in [5.41, 5.74) is 0.806. The normalized spacial score (nSPS) is 34.3. The molecule has 4 fully saturated rings. The molecular weight excluding hydrogens is 406 g/mol. The SMILES string of the molecule is CC(C)N1CC2CC(CC(C)(C)N3CC4CN(C(C)(C)C)CCN4C3)CN(C(C)(C)C)C2C1. The largest absolute Gasteiger partial charge is 0.299 e. The minimum Gasteiger partial charge on any atom is -0.299 e. The van der Waals surface area contributed by atoms with E-state index in [1.807, 2.05) is 0 Å². The molecule has 0 aromatic carbocycles. The van der Waals surface area contributed by atoms with E-state index in [9.17, 15) is 0 Å². The average molecular weight is 462 g/mol. The van der Waals surface area contributed by atoms with E-state index in [2.05, 4.69) is 93.7 Å². The molecule has 4 heterocycles. The molecule has 0 aromatic heterocycles. The van der Waals surface area contributed by atoms with Crippen molar-refractivity contribution in [3.05, 3.63) is 0 Å². The Morgan fingerprint density at radius 3 is 2.03 bits per heavy atom. The van der Waals surface area contributed by atoms with E-state index < -0.39 is 0 Å². The Hall–Kier alpha value is -0.200. The quantitative estimate of drug-likeness (QED) is 0.626. The van der Waals surface area contributed by atoms with Crippen molar-refractivity contribution < 1.29 is 0 Å². The third kappa shape index (κ3) is 5.48. The fourth-order valence-corrected chi connectivity index (χ4v) is 7.40. The van der Waals surface area contributed by atoms with E-state index in [0.29, 0.717) is 12.1 Å². The molecular formula is C28H55N5. The summed E-state index contributed by atoms with van der Waals surface area (Å²) in [7, 11) is 0. The number of piperazine rings is 1. The van der Waals surface area contributed by atoms with Gasteiger partial charge in [-0.3, -0.25) is 24.5 Å². The monoisotopic (exact) mass is 461 g/mol. The maximum atomic E-state index is 2.89. The molecule has 5 nitrogen and oxygen atoms in total. The van der Waals surface area contributed by atoms with Crippen LogP contribution in [0.2, 0.25) is 0 Å². The zero-order valence-corrected chi connectivity index (χ0v) is 23.7. The molecule has 4 aliphatic rings. The van der Waals surface area contributed by atoms with Crippen LogP contribution in [0.4, 0.5) is 0 Å². The van der Waals surface area contributed by atoms with Gasteiger partial charge in [0.05, 0.1) is 6.67 Å². The molecule has 0 spiro atoms. The van der Waals surface area contributed by atoms with E-state index in [4.69, 9.17) is 0 Å². The Morgan fingerprint density at radius 2 is 1.42 bits per heavy atom. The molecule has 0 bridgehead atoms. The maximum absolute atomic E-state index is 2.89. The molecule has 0 aromatic rings. The first kappa shape index (κ1) is 25.9. The van der Waals surface area contributed by atoms with Gasteiger partial charge in [-0.2, -0.15) is 0 Å². The lowest BCUT2D eigenvalue weighted by Crippen LogP contribution is -2.58. The Labute approximate surface area is 205 Å². The van der Waals surface area contributed by atoms with Crippen LogP contribution < -0.4 is 0 Å². The first-order valence-electron chi connectivity index (χ1n) is 13.9. The number of piperidine rings is 1. The number of hydrogen-bond acceptors (Lipinski definition) is 5. The Kier molecular flexibility index (Phi) is 7.08. The lowest BCUT2D eigenvalue weighted by Gasteiger charge is -2.50. The van der Waals surface area contributed by atoms with Crippen molar-refractivity contribution in [1.82, 2.24) is 24.5 Å². The lowest BCUT2D eigenvalue weighted by atomic mass is 9.77. The molecule has 4 saturated heterocycles. The minimum absolute atomic E-state index is 0.253. The number of rotatable bonds is 4. The van der Waals surface area contributed by atoms with E-state index in [1.165, 1.54) is 65.3 Å². The Morgan fingerprint density at radius 1 is 0.758 bits per heavy atom. The topological polar surface area (TPSA) is 16.2 Å². The highest BCUT2D eigenvalue weighted by Crippen LogP contribution is 2.41. The molecule has 192 valence electrons. The molecule has 4 atom stereocenters. The highest BCUT2D eigenvalue weighted by molar-refractivity contribution is 5.03. The predicted molar refractivity (Wildman–Crippen MR) is 141 cm³/mol. The maximum Gasteiger partial charge on any atom is 0.0516 e. The molecule has 0 saturated carbocycles. The lowest BCUT2D eigenvalue weighted by molar-refractivity contribution is -0.01000. The van der Waals surface area contributed by atoms with Crippen LogP contribution in [-0.4, -0.2) is 112 Å². The van der Waals surface area contributed by atoms with Gasteiger partial charge in [-0.25, -0.2) is 0 Å². The predicted octanol–water partition coefficient (Wildman–Crippen LogP) is 4.04. The molecule has 0 aliphatic carbocycles. The van der Waals surface area contributed by atoms with Crippen molar-refractivity contribution in [2.24, 2.45) is 11.8 Å². The van der Waals surface area contributed by atoms with Crippen LogP contribution >= 0.6 is 0 Å². The van der Waals surface area contributed by atoms with Crippen LogP contribution in [0.3, 0.4) is 0 Å². The summed E-state index contributed by atoms with van der Waals surface area (Å²) < 4.78 is 0. The number of nitrogens with zero attached hydrogens (tertiary/aromatic N) is 5. The summed E-state index contributed by atoms with van der Waals surface area (Å²) in [4.78, 5) is 13.9. The van der Waals surface area contributed by atoms with Crippen molar-refractivity contribution in [3.8, 4) is 0 Å². The standard InChI is InChI=1S/C28H55N5/c1-21(2)30-16-23-13-22(15-33(25(23)19-30)27(6,7)8)14-28(9,10)32-18-24-17-31(26(3,4)5)12-11-29(24)20-32/h21-25H,11-20H2,1-10H3. The van der Waals surface area contributed by atoms with Gasteiger partial charge < -0.3 is 0 Å². The van der Waals surface area contributed by atoms with Gasteiger partial charge in [0.2, 0.25) is 0 Å². The molecule has 0 radical (unpaired) electrons. The molecule has 33 heavy (non-hydrogen) atoms. The highest BCUT2D eigenvalue weighted by Gasteiger charge is 2.48. The summed E-state index contributed by atoms with van der Waals surface area (Å²) in [5.74, 6) is 1.64. The highest BCUT2D eigenvalue weighted by atomic mass is 15.5. The zero-order valence-electron chi connectivity index (χ0n) is 23.7. The molecule has 4 aliphatic heterocycles. The fourth-order valence-electron chi connectivity index (χ4n) is 7.40. The Bertz CT molecular complexity index is 675. The van der Waals surface area contributed by atoms with E-state index >= 15 is 0 Å². The molecule has 4 unspecified atom stereocenters. The average Bonchev–Trinajstić information content (AvgIpc) is 3.29. The summed E-state index contributed by atoms with van der Waals surface area (Å²) in [5, 5.41) is 0. The van der Waals surface area contributed by atoms with E-state index in [1.54, 1.807) is 0 Å². The van der Waals surface area contributed by atoms with Crippen molar-refractivity contribution in [3.63, 3.8) is 0 Å². The van der Waals surface area contributed by atoms with Gasteiger partial charge in [-0.1, -0.05) is 0 Å². The first-order valence-corrected chi connectivity index (χ1v) is 13.9. The van der Waals surface area contributed by atoms with Gasteiger partial charge in [0.1, 0.15) is 0 Å². The van der Waals surface area contributed by atoms with Crippen molar-refractivity contribution in [2.45, 2.75) is 117 Å². The van der Waals surface area contributed by atoms with E-state index in [-0.39, 0.29) is 16.6 Å². The smallest absolute Gasteiger partial charge is 0.0516 e. The van der Waals surface area contributed by atoms with E-state index in [0.717, 1.165) is 17.9 Å². The van der Waals surface area contributed by atoms with Crippen LogP contribution in [0.15, 0.2) is 0 Å². The summed E-state index contributed by atoms with van der Waals surface area (Å²) in [6, 6.07) is 2.12. The third-order valence-corrected chi connectivity index (χ3v) is 9.50. The van der Waals surface area contributed by atoms with Gasteiger partial charge in [-0.15, -0.1) is 0 Å². The van der Waals surface area contributed by atoms with Gasteiger partial charge in [0, 0.05) is 80.6 Å². The second kappa shape index (κ2) is 9.03. The van der Waals surface area contributed by atoms with Gasteiger partial charge in [-0.05, 0) is 93.9 Å². The number of likely N-dealkylation sites (tertiary alicyclic amines) is 2. The second-order valence-corrected chi connectivity index (χ2v) is 14.8. The van der Waals surface area contributed by atoms with Crippen molar-refractivity contribution >= 4 is 0 Å². The summed E-state index contributed by atoms with van der Waals surface area (Å²) in [6.45, 7) is 34.2. The van der Waals surface area contributed by atoms with Crippen molar-refractivity contribution in [1.29, 1.82) is 0 Å². The van der Waals surface area contributed by atoms with Crippen molar-refractivity contribution in [2.75, 3.05) is 52.5 Å². The van der Waals surface area contributed by atoms with Crippen LogP contribution in [0.25, 0.3) is 0 Å². The van der Waals surface area contributed by atoms with Crippen LogP contribution in [0.5, 0.6) is 0 Å². The fraction of sp³-hybridized carbons (Fsp3) is 1.00. The van der Waals surface area contributed by atoms with Crippen LogP contribution in [0, 0.1) is 11.8 Å². The van der Waals surface area contributed by atoms with Gasteiger partial charge in [0.25, 0.3) is 0 Å². The van der Waals surface area contributed by atoms with Gasteiger partial charge in [0.15, 0.2) is 0 Å². The zero-order chi connectivity index (χ0) is 24.3. The minimum atomic E-state index is 0.253. The molecule has 4 rings (SSSR count). The number of fused-ring (bicyclic) bond motifs is 2. The molecule has 5 heteroatoms. The summed E-state index contributed by atoms with van der Waals surface area (Å²) in [6.07, 6.45) is 2.75. The van der Waals surface area contributed by atoms with Crippen LogP contribution in [0.1, 0.15) is 82.1 Å². The van der Waals surface area contributed by atoms with Gasteiger partial charge >= 0.3 is 0 Å². The van der Waals surface area contributed by atoms with Crippen LogP contribution in [-0.2, 0) is 0 Å².